The van der Waals surface area contributed by atoms with Gasteiger partial charge in [-0.05, 0) is 60.7 Å². The van der Waals surface area contributed by atoms with Crippen LogP contribution in [0.5, 0.6) is 34.5 Å². The SMILES string of the molecule is COc1ccccc1OCCN(C[C@@H](O)COc1cccc2[nH]c3ccccc3c12)CC1(O)OC[C@@H](O)[C@H](O[C@@H]2OC(CO)[C@H](O)[C@@H](O)C2O)C1O.COc1ccccc1OCCN(C[C@@H](O)COc1cccc2[nH]c3ccccc3c12)CC1(O)O[C@H](CO)[C@H](O[C@@H]2OC(CO)[C@H](O)[C@@H](O)C2O)C1O. The number of aliphatic hydroxyl groups is 16. The lowest BCUT2D eigenvalue weighted by atomic mass is 9.95. The molecule has 0 spiro atoms. The van der Waals surface area contributed by atoms with Crippen LogP contribution in [0.1, 0.15) is 0 Å². The van der Waals surface area contributed by atoms with E-state index in [1.165, 1.54) is 14.2 Å². The largest absolute Gasteiger partial charge is 0.493 e. The van der Waals surface area contributed by atoms with E-state index in [0.29, 0.717) is 34.5 Å². The average Bonchev–Trinajstić information content (AvgIpc) is 0.951. The van der Waals surface area contributed by atoms with Crippen molar-refractivity contribution in [3.63, 3.8) is 0 Å². The molecule has 0 radical (unpaired) electrons. The number of H-pyrrole nitrogens is 2. The molecule has 12 rings (SSSR count). The van der Waals surface area contributed by atoms with Crippen LogP contribution >= 0.6 is 0 Å². The van der Waals surface area contributed by atoms with E-state index in [0.717, 1.165) is 43.6 Å². The predicted molar refractivity (Wildman–Crippen MR) is 368 cm³/mol. The second kappa shape index (κ2) is 35.0. The van der Waals surface area contributed by atoms with Crippen LogP contribution in [0, 0.1) is 0 Å². The lowest BCUT2D eigenvalue weighted by molar-refractivity contribution is -0.370. The highest BCUT2D eigenvalue weighted by atomic mass is 16.7. The minimum absolute atomic E-state index is 0.0577. The van der Waals surface area contributed by atoms with Gasteiger partial charge in [0, 0.05) is 58.8 Å². The highest BCUT2D eigenvalue weighted by Gasteiger charge is 2.58. The van der Waals surface area contributed by atoms with Crippen molar-refractivity contribution in [3.05, 3.63) is 133 Å². The van der Waals surface area contributed by atoms with Gasteiger partial charge < -0.3 is 149 Å². The first-order valence-corrected chi connectivity index (χ1v) is 34.0. The van der Waals surface area contributed by atoms with Crippen molar-refractivity contribution in [2.45, 2.75) is 122 Å². The second-order valence-electron chi connectivity index (χ2n) is 26.0. The van der Waals surface area contributed by atoms with Gasteiger partial charge >= 0.3 is 0 Å². The van der Waals surface area contributed by atoms with Gasteiger partial charge in [-0.1, -0.05) is 72.8 Å². The van der Waals surface area contributed by atoms with E-state index in [1.54, 1.807) is 58.3 Å². The minimum Gasteiger partial charge on any atom is -0.493 e. The summed E-state index contributed by atoms with van der Waals surface area (Å²) in [6.45, 7) is -3.61. The number of nitrogens with one attached hydrogen (secondary N) is 2. The number of hydrogen-bond acceptors (Lipinski definition) is 30. The number of ether oxygens (including phenoxy) is 12. The van der Waals surface area contributed by atoms with Gasteiger partial charge in [-0.3, -0.25) is 9.80 Å². The molecule has 20 atom stereocenters. The van der Waals surface area contributed by atoms with Gasteiger partial charge in [0.15, 0.2) is 35.6 Å². The molecule has 2 aromatic heterocycles. The Morgan fingerprint density at radius 3 is 1.30 bits per heavy atom. The Morgan fingerprint density at radius 1 is 0.452 bits per heavy atom. The Balaban J connectivity index is 0.000000208. The zero-order chi connectivity index (χ0) is 74.0. The molecule has 104 heavy (non-hydrogen) atoms. The molecular formula is C72H92N4O28. The molecule has 0 bridgehead atoms. The van der Waals surface area contributed by atoms with Gasteiger partial charge in [0.2, 0.25) is 11.6 Å². The van der Waals surface area contributed by atoms with E-state index in [4.69, 9.17) is 56.8 Å². The number of para-hydroxylation sites is 6. The molecule has 0 aliphatic carbocycles. The first kappa shape index (κ1) is 77.8. The predicted octanol–water partition coefficient (Wildman–Crippen LogP) is -1.85. The molecule has 6 heterocycles. The van der Waals surface area contributed by atoms with Crippen molar-refractivity contribution < 1.29 is 139 Å². The van der Waals surface area contributed by atoms with Crippen LogP contribution in [0.25, 0.3) is 43.6 Å². The summed E-state index contributed by atoms with van der Waals surface area (Å²) in [6.07, 6.45) is -28.4. The van der Waals surface area contributed by atoms with Crippen LogP contribution in [0.15, 0.2) is 133 Å². The molecule has 4 fully saturated rings. The standard InChI is InChI=1S/2C36H46N2O14/c1-47-24-10-4-5-11-25(24)48-14-13-38(15-20(41)18-49-26-12-6-9-23-29(26)21-7-2-3-8-22(21)37-23)19-36(46)34(45)33(28(17-40)52-36)51-35-32(44)31(43)30(42)27(16-39)50-35;1-47-25-10-4-5-11-26(25)48-14-13-38(15-20(40)17-49-27-12-6-9-23-29(27)21-7-2-3-8-22(21)37-23)19-36(46)34(45)33(24(41)18-50-36)52-35-32(44)31(43)30(42)28(16-39)51-35/h2-12,20,27-28,30-35,37,39-46H,13-19H2,1H3;2-12,20,24,28,30-35,37,39-46H,13-19H2,1H3/t20-,27?,28-,30+,31-,32?,33+,34?,35+,36?;20-,24-,28?,30+,31-,32?,33+,34?,35+,36?/m11/s1. The monoisotopic (exact) mass is 1460 g/mol. The maximum atomic E-state index is 11.7. The Labute approximate surface area is 595 Å². The summed E-state index contributed by atoms with van der Waals surface area (Å²) in [5.41, 5.74) is 3.62. The molecule has 32 heteroatoms. The van der Waals surface area contributed by atoms with E-state index in [-0.39, 0.29) is 52.6 Å². The van der Waals surface area contributed by atoms with E-state index in [2.05, 4.69) is 9.97 Å². The Morgan fingerprint density at radius 2 is 0.846 bits per heavy atom. The molecule has 6 aromatic carbocycles. The van der Waals surface area contributed by atoms with Crippen LogP contribution in [-0.4, -0.2) is 330 Å². The quantitative estimate of drug-likeness (QED) is 0.0227. The number of aromatic amines is 2. The molecule has 4 aliphatic heterocycles. The number of aromatic nitrogens is 2. The van der Waals surface area contributed by atoms with Gasteiger partial charge in [-0.15, -0.1) is 0 Å². The van der Waals surface area contributed by atoms with Crippen molar-refractivity contribution >= 4 is 43.6 Å². The summed E-state index contributed by atoms with van der Waals surface area (Å²) in [5.74, 6) is -1.72. The summed E-state index contributed by atoms with van der Waals surface area (Å²) in [5, 5.41) is 174. The van der Waals surface area contributed by atoms with E-state index in [1.807, 2.05) is 84.9 Å². The van der Waals surface area contributed by atoms with Gasteiger partial charge in [-0.25, -0.2) is 0 Å². The summed E-state index contributed by atoms with van der Waals surface area (Å²) in [4.78, 5) is 9.89. The molecular weight excluding hydrogens is 1370 g/mol. The van der Waals surface area contributed by atoms with Gasteiger partial charge in [0.05, 0.1) is 64.8 Å². The Bertz CT molecular complexity index is 3800. The maximum absolute atomic E-state index is 11.7. The lowest BCUT2D eigenvalue weighted by Crippen LogP contribution is -2.68. The lowest BCUT2D eigenvalue weighted by Gasteiger charge is -2.47. The topological polar surface area (TPSA) is 473 Å². The molecule has 4 saturated heterocycles. The Hall–Kier alpha value is -7.24. The van der Waals surface area contributed by atoms with E-state index < -0.39 is 161 Å². The van der Waals surface area contributed by atoms with Crippen LogP contribution < -0.4 is 28.4 Å². The van der Waals surface area contributed by atoms with Crippen LogP contribution in [0.4, 0.5) is 0 Å². The molecule has 4 aliphatic rings. The van der Waals surface area contributed by atoms with E-state index >= 15 is 0 Å². The molecule has 18 N–H and O–H groups in total. The van der Waals surface area contributed by atoms with Gasteiger partial charge in [-0.2, -0.15) is 0 Å². The first-order chi connectivity index (χ1) is 50.1. The highest BCUT2D eigenvalue weighted by Crippen LogP contribution is 2.39. The average molecular weight is 1460 g/mol. The molecule has 568 valence electrons. The molecule has 0 amide bonds. The summed E-state index contributed by atoms with van der Waals surface area (Å²) < 4.78 is 68.3. The number of rotatable bonds is 31. The molecule has 8 aromatic rings. The number of nitrogens with zero attached hydrogens (tertiary/aromatic N) is 2. The van der Waals surface area contributed by atoms with E-state index in [9.17, 15) is 81.7 Å². The number of aliphatic hydroxyl groups excluding tert-OH is 14. The fourth-order valence-electron chi connectivity index (χ4n) is 13.4. The van der Waals surface area contributed by atoms with Crippen molar-refractivity contribution in [2.75, 3.05) is 106 Å². The number of hydrogen-bond donors (Lipinski definition) is 18. The summed E-state index contributed by atoms with van der Waals surface area (Å²) in [7, 11) is 3.02. The number of methoxy groups -OCH3 is 2. The minimum atomic E-state index is -2.39. The maximum Gasteiger partial charge on any atom is 0.208 e. The smallest absolute Gasteiger partial charge is 0.208 e. The third kappa shape index (κ3) is 17.6. The number of fused-ring (bicyclic) bond motifs is 6. The van der Waals surface area contributed by atoms with Crippen molar-refractivity contribution in [2.24, 2.45) is 0 Å². The fraction of sp³-hybridized carbons (Fsp3) is 0.500. The normalized spacial score (nSPS) is 30.0. The summed E-state index contributed by atoms with van der Waals surface area (Å²) >= 11 is 0. The van der Waals surface area contributed by atoms with Crippen molar-refractivity contribution in [3.8, 4) is 34.5 Å². The number of benzene rings is 6. The second-order valence-corrected chi connectivity index (χ2v) is 26.0. The highest BCUT2D eigenvalue weighted by molar-refractivity contribution is 6.11. The zero-order valence-electron chi connectivity index (χ0n) is 56.9. The van der Waals surface area contributed by atoms with Crippen LogP contribution in [0.2, 0.25) is 0 Å². The van der Waals surface area contributed by atoms with Gasteiger partial charge in [0.1, 0.15) is 136 Å². The summed E-state index contributed by atoms with van der Waals surface area (Å²) in [6, 6.07) is 40.8. The zero-order valence-corrected chi connectivity index (χ0v) is 56.9. The third-order valence-corrected chi connectivity index (χ3v) is 18.8. The third-order valence-electron chi connectivity index (χ3n) is 18.8. The Kier molecular flexibility index (Phi) is 26.2. The fourth-order valence-corrected chi connectivity index (χ4v) is 13.4. The molecule has 8 unspecified atom stereocenters. The van der Waals surface area contributed by atoms with Crippen LogP contribution in [-0.2, 0) is 28.4 Å². The van der Waals surface area contributed by atoms with Crippen molar-refractivity contribution in [1.82, 2.24) is 19.8 Å². The van der Waals surface area contributed by atoms with Crippen molar-refractivity contribution in [1.29, 1.82) is 0 Å². The first-order valence-electron chi connectivity index (χ1n) is 34.0. The van der Waals surface area contributed by atoms with Crippen LogP contribution in [0.3, 0.4) is 0 Å². The molecule has 32 nitrogen and oxygen atoms in total. The molecule has 0 saturated carbocycles. The van der Waals surface area contributed by atoms with Gasteiger partial charge in [0.25, 0.3) is 0 Å².